The van der Waals surface area contributed by atoms with Gasteiger partial charge in [-0.05, 0) is 20.3 Å². The number of hydrogen-bond donors (Lipinski definition) is 1. The van der Waals surface area contributed by atoms with Crippen LogP contribution in [0.4, 0.5) is 0 Å². The molecule has 0 aromatic carbocycles. The maximum atomic E-state index is 8.60. The van der Waals surface area contributed by atoms with Crippen LogP contribution in [0.1, 0.15) is 31.5 Å². The van der Waals surface area contributed by atoms with Gasteiger partial charge in [-0.25, -0.2) is 0 Å². The highest BCUT2D eigenvalue weighted by molar-refractivity contribution is 5.98. The molecule has 0 fully saturated rings. The van der Waals surface area contributed by atoms with Gasteiger partial charge in [0.25, 0.3) is 0 Å². The van der Waals surface area contributed by atoms with Crippen molar-refractivity contribution in [2.45, 2.75) is 33.7 Å². The Morgan fingerprint density at radius 3 is 2.92 bits per heavy atom. The minimum atomic E-state index is 0.611. The number of nitrogens with zero attached hydrogens (tertiary/aromatic N) is 3. The van der Waals surface area contributed by atoms with Gasteiger partial charge in [-0.1, -0.05) is 12.1 Å². The molecule has 0 unspecified atom stereocenters. The molecule has 0 bridgehead atoms. The fraction of sp³-hybridized carbons (Fsp3) is 0.556. The second-order valence-electron chi connectivity index (χ2n) is 3.05. The van der Waals surface area contributed by atoms with E-state index >= 15 is 0 Å². The Balaban J connectivity index is 2.99. The Morgan fingerprint density at radius 1 is 1.69 bits per heavy atom. The van der Waals surface area contributed by atoms with Crippen molar-refractivity contribution in [1.82, 2.24) is 9.78 Å². The predicted molar refractivity (Wildman–Crippen MR) is 51.3 cm³/mol. The van der Waals surface area contributed by atoms with Crippen LogP contribution in [-0.2, 0) is 6.54 Å². The van der Waals surface area contributed by atoms with Crippen LogP contribution in [-0.4, -0.2) is 20.7 Å². The molecule has 72 valence electrons. The van der Waals surface area contributed by atoms with Gasteiger partial charge in [0.05, 0.1) is 11.9 Å². The third-order valence-electron chi connectivity index (χ3n) is 2.08. The predicted octanol–water partition coefficient (Wildman–Crippen LogP) is 1.80. The van der Waals surface area contributed by atoms with Crippen LogP contribution in [0.3, 0.4) is 0 Å². The van der Waals surface area contributed by atoms with Crippen LogP contribution >= 0.6 is 0 Å². The SMILES string of the molecule is CCCn1ncc(/C(C)=N/O)c1C. The minimum absolute atomic E-state index is 0.611. The number of aromatic nitrogens is 2. The molecule has 0 aliphatic carbocycles. The topological polar surface area (TPSA) is 50.4 Å². The van der Waals surface area contributed by atoms with Crippen molar-refractivity contribution in [3.63, 3.8) is 0 Å². The van der Waals surface area contributed by atoms with Crippen molar-refractivity contribution in [3.8, 4) is 0 Å². The molecular weight excluding hydrogens is 166 g/mol. The Labute approximate surface area is 77.9 Å². The molecule has 4 heteroatoms. The summed E-state index contributed by atoms with van der Waals surface area (Å²) in [4.78, 5) is 0. The highest BCUT2D eigenvalue weighted by atomic mass is 16.4. The van der Waals surface area contributed by atoms with Gasteiger partial charge in [0.1, 0.15) is 0 Å². The van der Waals surface area contributed by atoms with Crippen molar-refractivity contribution in [2.75, 3.05) is 0 Å². The lowest BCUT2D eigenvalue weighted by Crippen LogP contribution is -2.03. The van der Waals surface area contributed by atoms with E-state index in [0.717, 1.165) is 24.2 Å². The first-order valence-electron chi connectivity index (χ1n) is 4.42. The Kier molecular flexibility index (Phi) is 3.06. The molecular formula is C9H15N3O. The van der Waals surface area contributed by atoms with Gasteiger partial charge in [0, 0.05) is 17.8 Å². The fourth-order valence-corrected chi connectivity index (χ4v) is 1.29. The molecule has 0 aliphatic heterocycles. The monoisotopic (exact) mass is 181 g/mol. The number of aryl methyl sites for hydroxylation is 1. The fourth-order valence-electron chi connectivity index (χ4n) is 1.29. The summed E-state index contributed by atoms with van der Waals surface area (Å²) in [6.07, 6.45) is 2.79. The highest BCUT2D eigenvalue weighted by Gasteiger charge is 2.07. The first-order valence-corrected chi connectivity index (χ1v) is 4.42. The molecule has 1 N–H and O–H groups in total. The third kappa shape index (κ3) is 1.88. The summed E-state index contributed by atoms with van der Waals surface area (Å²) >= 11 is 0. The Bertz CT molecular complexity index is 315. The summed E-state index contributed by atoms with van der Waals surface area (Å²) in [5.74, 6) is 0. The molecule has 0 spiro atoms. The minimum Gasteiger partial charge on any atom is -0.411 e. The summed E-state index contributed by atoms with van der Waals surface area (Å²) in [5.41, 5.74) is 2.58. The maximum absolute atomic E-state index is 8.60. The summed E-state index contributed by atoms with van der Waals surface area (Å²) in [6.45, 7) is 6.76. The summed E-state index contributed by atoms with van der Waals surface area (Å²) < 4.78 is 1.92. The van der Waals surface area contributed by atoms with Crippen LogP contribution in [0.5, 0.6) is 0 Å². The van der Waals surface area contributed by atoms with Gasteiger partial charge >= 0.3 is 0 Å². The molecule has 0 atom stereocenters. The highest BCUT2D eigenvalue weighted by Crippen LogP contribution is 2.08. The van der Waals surface area contributed by atoms with Crippen LogP contribution in [0, 0.1) is 6.92 Å². The largest absolute Gasteiger partial charge is 0.411 e. The molecule has 1 aromatic rings. The second-order valence-corrected chi connectivity index (χ2v) is 3.05. The lowest BCUT2D eigenvalue weighted by Gasteiger charge is -2.02. The van der Waals surface area contributed by atoms with Gasteiger partial charge in [0.15, 0.2) is 0 Å². The molecule has 1 aromatic heterocycles. The van der Waals surface area contributed by atoms with E-state index < -0.39 is 0 Å². The van der Waals surface area contributed by atoms with Crippen molar-refractivity contribution in [2.24, 2.45) is 5.16 Å². The van der Waals surface area contributed by atoms with Crippen LogP contribution in [0.15, 0.2) is 11.4 Å². The Morgan fingerprint density at radius 2 is 2.38 bits per heavy atom. The van der Waals surface area contributed by atoms with Gasteiger partial charge in [-0.15, -0.1) is 0 Å². The molecule has 1 heterocycles. The Hall–Kier alpha value is -1.32. The van der Waals surface area contributed by atoms with Crippen molar-refractivity contribution in [1.29, 1.82) is 0 Å². The van der Waals surface area contributed by atoms with E-state index in [0.29, 0.717) is 5.71 Å². The molecule has 0 amide bonds. The molecule has 0 saturated carbocycles. The summed E-state index contributed by atoms with van der Waals surface area (Å²) in [7, 11) is 0. The zero-order valence-corrected chi connectivity index (χ0v) is 8.28. The average molecular weight is 181 g/mol. The van der Waals surface area contributed by atoms with Crippen LogP contribution < -0.4 is 0 Å². The molecule has 1 rings (SSSR count). The van der Waals surface area contributed by atoms with E-state index in [1.165, 1.54) is 0 Å². The zero-order chi connectivity index (χ0) is 9.84. The first kappa shape index (κ1) is 9.77. The summed E-state index contributed by atoms with van der Waals surface area (Å²) in [6, 6.07) is 0. The number of hydrogen-bond acceptors (Lipinski definition) is 3. The van der Waals surface area contributed by atoms with Crippen molar-refractivity contribution < 1.29 is 5.21 Å². The first-order chi connectivity index (χ1) is 6.20. The zero-order valence-electron chi connectivity index (χ0n) is 8.28. The van der Waals surface area contributed by atoms with Gasteiger partial charge < -0.3 is 5.21 Å². The second kappa shape index (κ2) is 4.07. The van der Waals surface area contributed by atoms with E-state index in [1.807, 2.05) is 11.6 Å². The van der Waals surface area contributed by atoms with E-state index in [2.05, 4.69) is 17.2 Å². The molecule has 4 nitrogen and oxygen atoms in total. The normalized spacial score (nSPS) is 12.1. The average Bonchev–Trinajstić information content (AvgIpc) is 2.48. The van der Waals surface area contributed by atoms with Gasteiger partial charge in [-0.2, -0.15) is 5.10 Å². The van der Waals surface area contributed by atoms with Crippen molar-refractivity contribution >= 4 is 5.71 Å². The lowest BCUT2D eigenvalue weighted by atomic mass is 10.2. The quantitative estimate of drug-likeness (QED) is 0.439. The molecule has 13 heavy (non-hydrogen) atoms. The standard InChI is InChI=1S/C9H15N3O/c1-4-5-12-8(3)9(6-10-12)7(2)11-13/h6,13H,4-5H2,1-3H3/b11-7+. The van der Waals surface area contributed by atoms with E-state index in [4.69, 9.17) is 5.21 Å². The van der Waals surface area contributed by atoms with E-state index in [1.54, 1.807) is 13.1 Å². The molecule has 0 aliphatic rings. The van der Waals surface area contributed by atoms with Gasteiger partial charge in [-0.3, -0.25) is 4.68 Å². The van der Waals surface area contributed by atoms with E-state index in [-0.39, 0.29) is 0 Å². The number of rotatable bonds is 3. The van der Waals surface area contributed by atoms with Crippen LogP contribution in [0.25, 0.3) is 0 Å². The van der Waals surface area contributed by atoms with Crippen LogP contribution in [0.2, 0.25) is 0 Å². The van der Waals surface area contributed by atoms with E-state index in [9.17, 15) is 0 Å². The smallest absolute Gasteiger partial charge is 0.0871 e. The maximum Gasteiger partial charge on any atom is 0.0871 e. The summed E-state index contributed by atoms with van der Waals surface area (Å²) in [5, 5.41) is 16.0. The van der Waals surface area contributed by atoms with Crippen molar-refractivity contribution in [3.05, 3.63) is 17.5 Å². The molecule has 0 radical (unpaired) electrons. The molecule has 0 saturated heterocycles. The third-order valence-corrected chi connectivity index (χ3v) is 2.08. The number of oxime groups is 1. The lowest BCUT2D eigenvalue weighted by molar-refractivity contribution is 0.319. The van der Waals surface area contributed by atoms with Gasteiger partial charge in [0.2, 0.25) is 0 Å².